The third kappa shape index (κ3) is 5.99. The molecule has 2 heteroatoms. The average Bonchev–Trinajstić information content (AvgIpc) is 2.95. The highest BCUT2D eigenvalue weighted by molar-refractivity contribution is 5.85. The van der Waals surface area contributed by atoms with E-state index in [0.717, 1.165) is 6.42 Å². The first-order valence-corrected chi connectivity index (χ1v) is 15.2. The zero-order valence-corrected chi connectivity index (χ0v) is 26.5. The van der Waals surface area contributed by atoms with Crippen LogP contribution in [0.3, 0.4) is 0 Å². The van der Waals surface area contributed by atoms with Gasteiger partial charge in [0.2, 0.25) is 0 Å². The molecule has 0 aliphatic heterocycles. The Bertz CT molecular complexity index is 1670. The summed E-state index contributed by atoms with van der Waals surface area (Å²) in [4.78, 5) is 4.82. The van der Waals surface area contributed by atoms with Gasteiger partial charge in [-0.1, -0.05) is 56.3 Å². The molecule has 5 aromatic carbocycles. The van der Waals surface area contributed by atoms with E-state index < -0.39 is 0 Å². The summed E-state index contributed by atoms with van der Waals surface area (Å²) in [5, 5.41) is 0. The minimum Gasteiger partial charge on any atom is -0.310 e. The normalized spacial score (nSPS) is 11.8. The van der Waals surface area contributed by atoms with Crippen molar-refractivity contribution in [3.8, 4) is 0 Å². The largest absolute Gasteiger partial charge is 0.310 e. The molecule has 0 saturated carbocycles. The van der Waals surface area contributed by atoms with Crippen molar-refractivity contribution >= 4 is 34.1 Å². The van der Waals surface area contributed by atoms with Crippen LogP contribution >= 0.6 is 0 Å². The highest BCUT2D eigenvalue weighted by Gasteiger charge is 2.21. The molecule has 0 heterocycles. The van der Waals surface area contributed by atoms with Gasteiger partial charge in [0.05, 0.1) is 0 Å². The highest BCUT2D eigenvalue weighted by Crippen LogP contribution is 2.44. The van der Waals surface area contributed by atoms with E-state index in [9.17, 15) is 0 Å². The van der Waals surface area contributed by atoms with Gasteiger partial charge in [-0.15, -0.1) is 0 Å². The summed E-state index contributed by atoms with van der Waals surface area (Å²) in [7, 11) is 0. The van der Waals surface area contributed by atoms with Crippen molar-refractivity contribution in [1.29, 1.82) is 0 Å². The first kappa shape index (κ1) is 29.2. The topological polar surface area (TPSA) is 6.48 Å². The number of nitrogens with zero attached hydrogens (tertiary/aromatic N) is 2. The molecule has 0 radical (unpaired) electrons. The smallest absolute Gasteiger partial charge is 0.0494 e. The molecule has 0 spiro atoms. The van der Waals surface area contributed by atoms with E-state index in [1.165, 1.54) is 73.1 Å². The molecule has 5 rings (SSSR count). The minimum absolute atomic E-state index is 0.545. The van der Waals surface area contributed by atoms with Gasteiger partial charge in [-0.3, -0.25) is 0 Å². The number of aryl methyl sites for hydroxylation is 6. The maximum atomic E-state index is 2.43. The Balaban J connectivity index is 1.69. The molecule has 0 aromatic heterocycles. The molecule has 42 heavy (non-hydrogen) atoms. The van der Waals surface area contributed by atoms with Gasteiger partial charge in [0.25, 0.3) is 0 Å². The molecule has 1 atom stereocenters. The minimum atomic E-state index is 0.545. The van der Waals surface area contributed by atoms with Crippen LogP contribution in [-0.4, -0.2) is 0 Å². The predicted octanol–water partition coefficient (Wildman–Crippen LogP) is 12.0. The number of hydrogen-bond acceptors (Lipinski definition) is 2. The van der Waals surface area contributed by atoms with Crippen LogP contribution in [0.15, 0.2) is 103 Å². The lowest BCUT2D eigenvalue weighted by molar-refractivity contribution is 0.728. The van der Waals surface area contributed by atoms with Crippen LogP contribution in [-0.2, 0) is 0 Å². The van der Waals surface area contributed by atoms with Gasteiger partial charge in [0, 0.05) is 34.1 Å². The van der Waals surface area contributed by atoms with Gasteiger partial charge in [0.1, 0.15) is 0 Å². The monoisotopic (exact) mass is 552 g/mol. The van der Waals surface area contributed by atoms with E-state index in [-0.39, 0.29) is 0 Å². The van der Waals surface area contributed by atoms with Crippen molar-refractivity contribution in [3.63, 3.8) is 0 Å². The maximum Gasteiger partial charge on any atom is 0.0494 e. The Kier molecular flexibility index (Phi) is 8.54. The van der Waals surface area contributed by atoms with E-state index >= 15 is 0 Å². The summed E-state index contributed by atoms with van der Waals surface area (Å²) in [5.74, 6) is 0.545. The fraction of sp³-hybridized carbons (Fsp3) is 0.250. The van der Waals surface area contributed by atoms with E-state index in [4.69, 9.17) is 0 Å². The van der Waals surface area contributed by atoms with Gasteiger partial charge in [0.15, 0.2) is 0 Å². The van der Waals surface area contributed by atoms with Crippen molar-refractivity contribution < 1.29 is 0 Å². The lowest BCUT2D eigenvalue weighted by Crippen LogP contribution is -2.15. The summed E-state index contributed by atoms with van der Waals surface area (Å²) >= 11 is 0. The molecule has 0 saturated heterocycles. The lowest BCUT2D eigenvalue weighted by atomic mass is 9.93. The van der Waals surface area contributed by atoms with Crippen LogP contribution in [0.2, 0.25) is 0 Å². The maximum absolute atomic E-state index is 2.43. The van der Waals surface area contributed by atoms with Crippen LogP contribution in [0.4, 0.5) is 34.1 Å². The lowest BCUT2D eigenvalue weighted by Gasteiger charge is -2.32. The molecule has 1 unspecified atom stereocenters. The molecule has 0 aliphatic rings. The predicted molar refractivity (Wildman–Crippen MR) is 183 cm³/mol. The Labute approximate surface area is 253 Å². The fourth-order valence-electron chi connectivity index (χ4n) is 5.99. The van der Waals surface area contributed by atoms with Gasteiger partial charge in [-0.2, -0.15) is 0 Å². The summed E-state index contributed by atoms with van der Waals surface area (Å²) in [6, 6.07) is 38.1. The molecule has 0 aliphatic carbocycles. The molecule has 0 amide bonds. The van der Waals surface area contributed by atoms with E-state index in [1.54, 1.807) is 0 Å². The summed E-state index contributed by atoms with van der Waals surface area (Å²) in [6.07, 6.45) is 1.14. The number of hydrogen-bond donors (Lipinski definition) is 0. The van der Waals surface area contributed by atoms with Gasteiger partial charge in [-0.25, -0.2) is 0 Å². The second-order valence-electron chi connectivity index (χ2n) is 12.0. The van der Waals surface area contributed by atoms with Crippen LogP contribution in [0.25, 0.3) is 0 Å². The first-order valence-electron chi connectivity index (χ1n) is 15.2. The molecular formula is C40H44N2. The van der Waals surface area contributed by atoms with Gasteiger partial charge in [-0.05, 0) is 153 Å². The Morgan fingerprint density at radius 2 is 0.881 bits per heavy atom. The van der Waals surface area contributed by atoms with Crippen molar-refractivity contribution in [2.24, 2.45) is 0 Å². The summed E-state index contributed by atoms with van der Waals surface area (Å²) in [5.41, 5.74) is 16.1. The van der Waals surface area contributed by atoms with Crippen molar-refractivity contribution in [2.75, 3.05) is 9.80 Å². The van der Waals surface area contributed by atoms with Crippen molar-refractivity contribution in [2.45, 2.75) is 67.7 Å². The number of benzene rings is 5. The van der Waals surface area contributed by atoms with E-state index in [1.807, 2.05) is 0 Å². The quantitative estimate of drug-likeness (QED) is 0.189. The number of rotatable bonds is 8. The van der Waals surface area contributed by atoms with E-state index in [0.29, 0.717) is 5.92 Å². The number of anilines is 6. The zero-order chi connectivity index (χ0) is 30.0. The SMILES string of the molecule is CCC(C)c1ccc(N(c2cccc(C)c2)c2cc(C)c(N(c3cccc(C)c3)c3cccc(C)c3)cc2C)cc1C. The van der Waals surface area contributed by atoms with Crippen LogP contribution in [0.1, 0.15) is 65.1 Å². The van der Waals surface area contributed by atoms with Gasteiger partial charge < -0.3 is 9.80 Å². The van der Waals surface area contributed by atoms with E-state index in [2.05, 4.69) is 168 Å². The van der Waals surface area contributed by atoms with Gasteiger partial charge >= 0.3 is 0 Å². The zero-order valence-electron chi connectivity index (χ0n) is 26.5. The van der Waals surface area contributed by atoms with Crippen LogP contribution in [0.5, 0.6) is 0 Å². The highest BCUT2D eigenvalue weighted by atomic mass is 15.2. The average molecular weight is 553 g/mol. The summed E-state index contributed by atoms with van der Waals surface area (Å²) in [6.45, 7) is 17.8. The van der Waals surface area contributed by atoms with Crippen molar-refractivity contribution in [1.82, 2.24) is 0 Å². The molecule has 0 bridgehead atoms. The molecular weight excluding hydrogens is 508 g/mol. The first-order chi connectivity index (χ1) is 20.2. The second-order valence-corrected chi connectivity index (χ2v) is 12.0. The molecule has 214 valence electrons. The Hall–Kier alpha value is -4.30. The van der Waals surface area contributed by atoms with Crippen molar-refractivity contribution in [3.05, 3.63) is 142 Å². The Morgan fingerprint density at radius 1 is 0.476 bits per heavy atom. The summed E-state index contributed by atoms with van der Waals surface area (Å²) < 4.78 is 0. The molecule has 0 fully saturated rings. The molecule has 5 aromatic rings. The van der Waals surface area contributed by atoms with Crippen LogP contribution < -0.4 is 9.80 Å². The molecule has 0 N–H and O–H groups in total. The third-order valence-corrected chi connectivity index (χ3v) is 8.43. The van der Waals surface area contributed by atoms with Crippen LogP contribution in [0, 0.1) is 41.5 Å². The third-order valence-electron chi connectivity index (χ3n) is 8.43. The second kappa shape index (κ2) is 12.3. The fourth-order valence-corrected chi connectivity index (χ4v) is 5.99. The Morgan fingerprint density at radius 3 is 1.24 bits per heavy atom. The standard InChI is InChI=1S/C40H44N2/c1-9-30(5)38-20-19-37(24-31(38)6)42(36-18-12-15-29(4)23-36)40-26-32(7)39(25-33(40)8)41(34-16-10-13-27(2)21-34)35-17-11-14-28(3)22-35/h10-26,30H,9H2,1-8H3. The molecule has 2 nitrogen and oxygen atoms in total.